The first-order chi connectivity index (χ1) is 8.08. The summed E-state index contributed by atoms with van der Waals surface area (Å²) in [4.78, 5) is 22.8. The van der Waals surface area contributed by atoms with Crippen LogP contribution in [-0.2, 0) is 11.2 Å². The number of aryl methyl sites for hydroxylation is 1. The highest BCUT2D eigenvalue weighted by molar-refractivity contribution is 6.08. The number of Topliss-reactive ketones (excluding diaryl/α,β-unsaturated/α-hetero) is 1. The van der Waals surface area contributed by atoms with Gasteiger partial charge >= 0.3 is 0 Å². The van der Waals surface area contributed by atoms with Gasteiger partial charge < -0.3 is 5.32 Å². The monoisotopic (exact) mass is 229 g/mol. The van der Waals surface area contributed by atoms with E-state index in [-0.39, 0.29) is 5.78 Å². The van der Waals surface area contributed by atoms with Crippen molar-refractivity contribution < 1.29 is 9.59 Å². The van der Waals surface area contributed by atoms with Crippen LogP contribution in [0.15, 0.2) is 18.2 Å². The lowest BCUT2D eigenvalue weighted by molar-refractivity contribution is -0.111. The summed E-state index contributed by atoms with van der Waals surface area (Å²) in [6, 6.07) is 5.43. The fraction of sp³-hybridized carbons (Fsp3) is 0.286. The molecule has 3 heteroatoms. The van der Waals surface area contributed by atoms with Gasteiger partial charge in [-0.2, -0.15) is 0 Å². The van der Waals surface area contributed by atoms with Crippen LogP contribution in [0.3, 0.4) is 0 Å². The highest BCUT2D eigenvalue weighted by atomic mass is 16.1. The molecule has 0 saturated carbocycles. The number of hydrogen-bond donors (Lipinski definition) is 1. The van der Waals surface area contributed by atoms with Crippen molar-refractivity contribution in [3.05, 3.63) is 29.3 Å². The summed E-state index contributed by atoms with van der Waals surface area (Å²) < 4.78 is 0. The molecule has 1 aromatic carbocycles. The third kappa shape index (κ3) is 3.46. The van der Waals surface area contributed by atoms with Crippen LogP contribution in [0.2, 0.25) is 0 Å². The van der Waals surface area contributed by atoms with E-state index in [1.165, 1.54) is 6.92 Å². The van der Waals surface area contributed by atoms with E-state index in [4.69, 9.17) is 0 Å². The van der Waals surface area contributed by atoms with Crippen molar-refractivity contribution >= 4 is 17.4 Å². The Hall–Kier alpha value is -2.08. The van der Waals surface area contributed by atoms with Crippen molar-refractivity contribution in [2.45, 2.75) is 27.2 Å². The zero-order valence-corrected chi connectivity index (χ0v) is 10.3. The van der Waals surface area contributed by atoms with Gasteiger partial charge in [-0.1, -0.05) is 18.9 Å². The molecule has 0 radical (unpaired) electrons. The zero-order valence-electron chi connectivity index (χ0n) is 10.3. The SMILES string of the molecule is CC#CC(=O)Nc1ccc(CC)cc1C(C)=O. The van der Waals surface area contributed by atoms with Crippen LogP contribution in [0.5, 0.6) is 0 Å². The fourth-order valence-electron chi connectivity index (χ4n) is 1.48. The van der Waals surface area contributed by atoms with Crippen LogP contribution in [0.1, 0.15) is 36.7 Å². The molecule has 88 valence electrons. The van der Waals surface area contributed by atoms with Gasteiger partial charge in [0.25, 0.3) is 5.91 Å². The summed E-state index contributed by atoms with van der Waals surface area (Å²) in [5.41, 5.74) is 2.10. The van der Waals surface area contributed by atoms with Crippen molar-refractivity contribution in [3.63, 3.8) is 0 Å². The van der Waals surface area contributed by atoms with Gasteiger partial charge in [-0.05, 0) is 43.9 Å². The number of amides is 1. The Labute approximate surface area is 101 Å². The van der Waals surface area contributed by atoms with Gasteiger partial charge in [0.05, 0.1) is 5.69 Å². The zero-order chi connectivity index (χ0) is 12.8. The largest absolute Gasteiger partial charge is 0.314 e. The third-order valence-corrected chi connectivity index (χ3v) is 2.36. The smallest absolute Gasteiger partial charge is 0.300 e. The summed E-state index contributed by atoms with van der Waals surface area (Å²) >= 11 is 0. The normalized spacial score (nSPS) is 9.12. The molecule has 0 aliphatic carbocycles. The standard InChI is InChI=1S/C14H15NO2/c1-4-6-14(17)15-13-8-7-11(5-2)9-12(13)10(3)16/h7-9H,5H2,1-3H3,(H,15,17). The van der Waals surface area contributed by atoms with Gasteiger partial charge in [-0.25, -0.2) is 0 Å². The van der Waals surface area contributed by atoms with Crippen LogP contribution in [0.25, 0.3) is 0 Å². The van der Waals surface area contributed by atoms with Crippen molar-refractivity contribution in [1.29, 1.82) is 0 Å². The number of ketones is 1. The Morgan fingerprint density at radius 3 is 2.59 bits per heavy atom. The Kier molecular flexibility index (Phi) is 4.47. The molecule has 17 heavy (non-hydrogen) atoms. The molecule has 0 spiro atoms. The maximum atomic E-state index is 11.5. The molecule has 1 rings (SSSR count). The van der Waals surface area contributed by atoms with Crippen molar-refractivity contribution in [1.82, 2.24) is 0 Å². The Bertz CT molecular complexity index is 507. The molecule has 0 aromatic heterocycles. The van der Waals surface area contributed by atoms with Crippen molar-refractivity contribution in [2.75, 3.05) is 5.32 Å². The summed E-state index contributed by atoms with van der Waals surface area (Å²) in [6.07, 6.45) is 0.850. The van der Waals surface area contributed by atoms with Crippen LogP contribution in [0.4, 0.5) is 5.69 Å². The minimum Gasteiger partial charge on any atom is -0.314 e. The lowest BCUT2D eigenvalue weighted by Gasteiger charge is -2.08. The molecule has 1 aromatic rings. The first kappa shape index (κ1) is 13.0. The Morgan fingerprint density at radius 2 is 2.06 bits per heavy atom. The number of hydrogen-bond acceptors (Lipinski definition) is 2. The molecule has 3 nitrogen and oxygen atoms in total. The predicted octanol–water partition coefficient (Wildman–Crippen LogP) is 2.41. The van der Waals surface area contributed by atoms with Gasteiger partial charge in [0, 0.05) is 5.56 Å². The minimum absolute atomic E-state index is 0.0694. The van der Waals surface area contributed by atoms with Gasteiger partial charge in [0.15, 0.2) is 5.78 Å². The second kappa shape index (κ2) is 5.86. The van der Waals surface area contributed by atoms with Gasteiger partial charge in [0.1, 0.15) is 0 Å². The van der Waals surface area contributed by atoms with Crippen LogP contribution in [0, 0.1) is 11.8 Å². The lowest BCUT2D eigenvalue weighted by atomic mass is 10.0. The molecule has 0 bridgehead atoms. The third-order valence-electron chi connectivity index (χ3n) is 2.36. The maximum absolute atomic E-state index is 11.5. The molecule has 0 aliphatic rings. The van der Waals surface area contributed by atoms with E-state index in [0.29, 0.717) is 11.3 Å². The molecule has 1 N–H and O–H groups in total. The lowest BCUT2D eigenvalue weighted by Crippen LogP contribution is -2.12. The average Bonchev–Trinajstić information content (AvgIpc) is 2.29. The van der Waals surface area contributed by atoms with Gasteiger partial charge in [0.2, 0.25) is 0 Å². The van der Waals surface area contributed by atoms with E-state index in [1.807, 2.05) is 13.0 Å². The number of carbonyl (C=O) groups excluding carboxylic acids is 2. The van der Waals surface area contributed by atoms with Crippen molar-refractivity contribution in [3.8, 4) is 11.8 Å². The average molecular weight is 229 g/mol. The van der Waals surface area contributed by atoms with Crippen LogP contribution >= 0.6 is 0 Å². The molecule has 0 atom stereocenters. The second-order valence-corrected chi connectivity index (χ2v) is 3.62. The highest BCUT2D eigenvalue weighted by Crippen LogP contribution is 2.18. The molecular weight excluding hydrogens is 214 g/mol. The number of nitrogens with one attached hydrogen (secondary N) is 1. The van der Waals surface area contributed by atoms with Crippen molar-refractivity contribution in [2.24, 2.45) is 0 Å². The van der Waals surface area contributed by atoms with E-state index >= 15 is 0 Å². The van der Waals surface area contributed by atoms with Crippen LogP contribution < -0.4 is 5.32 Å². The van der Waals surface area contributed by atoms with E-state index in [9.17, 15) is 9.59 Å². The van der Waals surface area contributed by atoms with Crippen LogP contribution in [-0.4, -0.2) is 11.7 Å². The summed E-state index contributed by atoms with van der Waals surface area (Å²) in [7, 11) is 0. The van der Waals surface area contributed by atoms with E-state index in [1.54, 1.807) is 19.1 Å². The topological polar surface area (TPSA) is 46.2 Å². The number of rotatable bonds is 3. The molecule has 0 unspecified atom stereocenters. The minimum atomic E-state index is -0.403. The molecule has 0 heterocycles. The highest BCUT2D eigenvalue weighted by Gasteiger charge is 2.09. The number of anilines is 1. The molecule has 0 fully saturated rings. The first-order valence-corrected chi connectivity index (χ1v) is 5.46. The van der Waals surface area contributed by atoms with Gasteiger partial charge in [-0.3, -0.25) is 9.59 Å². The molecule has 1 amide bonds. The Balaban J connectivity index is 3.09. The Morgan fingerprint density at radius 1 is 1.35 bits per heavy atom. The second-order valence-electron chi connectivity index (χ2n) is 3.62. The number of carbonyl (C=O) groups is 2. The summed E-state index contributed by atoms with van der Waals surface area (Å²) in [5.74, 6) is 4.42. The quantitative estimate of drug-likeness (QED) is 0.639. The summed E-state index contributed by atoms with van der Waals surface area (Å²) in [5, 5.41) is 2.61. The van der Waals surface area contributed by atoms with Gasteiger partial charge in [-0.15, -0.1) is 0 Å². The molecule has 0 aliphatic heterocycles. The predicted molar refractivity (Wildman–Crippen MR) is 67.9 cm³/mol. The van der Waals surface area contributed by atoms with E-state index in [2.05, 4.69) is 17.2 Å². The number of benzene rings is 1. The first-order valence-electron chi connectivity index (χ1n) is 5.46. The van der Waals surface area contributed by atoms with E-state index in [0.717, 1.165) is 12.0 Å². The molecule has 0 saturated heterocycles. The molecular formula is C14H15NO2. The maximum Gasteiger partial charge on any atom is 0.300 e. The fourth-order valence-corrected chi connectivity index (χ4v) is 1.48. The van der Waals surface area contributed by atoms with E-state index < -0.39 is 5.91 Å². The summed E-state index contributed by atoms with van der Waals surface area (Å²) in [6.45, 7) is 5.08.